The Labute approximate surface area is 165 Å². The smallest absolute Gasteiger partial charge is 0.238 e. The molecule has 1 fully saturated rings. The van der Waals surface area contributed by atoms with Crippen molar-refractivity contribution >= 4 is 29.3 Å². The van der Waals surface area contributed by atoms with Gasteiger partial charge < -0.3 is 10.6 Å². The molecule has 0 heterocycles. The number of nitriles is 1. The van der Waals surface area contributed by atoms with Crippen molar-refractivity contribution in [2.45, 2.75) is 49.0 Å². The van der Waals surface area contributed by atoms with E-state index in [2.05, 4.69) is 16.7 Å². The third-order valence-electron chi connectivity index (χ3n) is 4.76. The number of nitrogens with zero attached hydrogens (tertiary/aromatic N) is 2. The second-order valence-corrected chi connectivity index (χ2v) is 7.93. The number of likely N-dealkylation sites (N-methyl/N-ethyl adjacent to an activating group) is 1. The number of para-hydroxylation sites is 1. The zero-order valence-corrected chi connectivity index (χ0v) is 16.9. The van der Waals surface area contributed by atoms with E-state index in [1.54, 1.807) is 23.7 Å². The fourth-order valence-electron chi connectivity index (χ4n) is 3.39. The average molecular weight is 389 g/mol. The van der Waals surface area contributed by atoms with Crippen LogP contribution in [0.3, 0.4) is 0 Å². The molecule has 0 aliphatic heterocycles. The summed E-state index contributed by atoms with van der Waals surface area (Å²) in [6.07, 6.45) is 7.49. The molecule has 2 N–H and O–H groups in total. The highest BCUT2D eigenvalue weighted by molar-refractivity contribution is 7.98. The Bertz CT molecular complexity index is 693. The van der Waals surface area contributed by atoms with E-state index in [9.17, 15) is 14.9 Å². The molecule has 0 aromatic heterocycles. The first-order chi connectivity index (χ1) is 13.0. The number of hydrogen-bond donors (Lipinski definition) is 2. The molecule has 27 heavy (non-hydrogen) atoms. The molecule has 0 atom stereocenters. The summed E-state index contributed by atoms with van der Waals surface area (Å²) in [5, 5.41) is 15.4. The van der Waals surface area contributed by atoms with Gasteiger partial charge in [0.05, 0.1) is 24.8 Å². The van der Waals surface area contributed by atoms with Crippen molar-refractivity contribution in [1.82, 2.24) is 10.2 Å². The van der Waals surface area contributed by atoms with E-state index in [-0.39, 0.29) is 24.9 Å². The summed E-state index contributed by atoms with van der Waals surface area (Å²) in [4.78, 5) is 27.3. The minimum Gasteiger partial charge on any atom is -0.337 e. The van der Waals surface area contributed by atoms with Crippen molar-refractivity contribution in [1.29, 1.82) is 5.26 Å². The summed E-state index contributed by atoms with van der Waals surface area (Å²) in [6, 6.07) is 9.93. The van der Waals surface area contributed by atoms with Crippen LogP contribution < -0.4 is 10.6 Å². The Morgan fingerprint density at radius 1 is 1.15 bits per heavy atom. The van der Waals surface area contributed by atoms with Gasteiger partial charge in [0.1, 0.15) is 5.54 Å². The van der Waals surface area contributed by atoms with Crippen LogP contribution in [0.25, 0.3) is 0 Å². The largest absolute Gasteiger partial charge is 0.337 e. The van der Waals surface area contributed by atoms with Gasteiger partial charge in [0.25, 0.3) is 0 Å². The average Bonchev–Trinajstić information content (AvgIpc) is 2.87. The number of carbonyl (C=O) groups excluding carboxylic acids is 2. The highest BCUT2D eigenvalue weighted by Crippen LogP contribution is 2.26. The molecule has 1 saturated carbocycles. The number of anilines is 1. The maximum absolute atomic E-state index is 12.4. The minimum atomic E-state index is -0.756. The van der Waals surface area contributed by atoms with Crippen molar-refractivity contribution in [3.63, 3.8) is 0 Å². The Morgan fingerprint density at radius 3 is 2.41 bits per heavy atom. The highest BCUT2D eigenvalue weighted by atomic mass is 32.2. The molecular weight excluding hydrogens is 360 g/mol. The lowest BCUT2D eigenvalue weighted by molar-refractivity contribution is -0.124. The number of benzene rings is 1. The van der Waals surface area contributed by atoms with Gasteiger partial charge in [-0.25, -0.2) is 0 Å². The first kappa shape index (κ1) is 21.3. The fourth-order valence-corrected chi connectivity index (χ4v) is 3.94. The number of nitrogens with one attached hydrogen (secondary N) is 2. The lowest BCUT2D eigenvalue weighted by Crippen LogP contribution is -2.50. The highest BCUT2D eigenvalue weighted by Gasteiger charge is 2.32. The molecule has 0 unspecified atom stereocenters. The number of thioether (sulfide) groups is 1. The molecule has 6 nitrogen and oxygen atoms in total. The molecular formula is C20H28N4O2S. The van der Waals surface area contributed by atoms with Gasteiger partial charge in [0.15, 0.2) is 0 Å². The SMILES string of the molecule is CSc1ccccc1NC(=O)CN(C)CC(=O)NC1(C#N)CCCCCC1. The zero-order chi connectivity index (χ0) is 19.7. The van der Waals surface area contributed by atoms with Crippen molar-refractivity contribution < 1.29 is 9.59 Å². The van der Waals surface area contributed by atoms with E-state index in [4.69, 9.17) is 0 Å². The Balaban J connectivity index is 1.85. The van der Waals surface area contributed by atoms with Crippen molar-refractivity contribution in [3.8, 4) is 6.07 Å². The van der Waals surface area contributed by atoms with Gasteiger partial charge >= 0.3 is 0 Å². The lowest BCUT2D eigenvalue weighted by Gasteiger charge is -2.27. The van der Waals surface area contributed by atoms with Gasteiger partial charge in [-0.2, -0.15) is 5.26 Å². The van der Waals surface area contributed by atoms with Crippen LogP contribution in [0.5, 0.6) is 0 Å². The maximum atomic E-state index is 12.4. The third-order valence-corrected chi connectivity index (χ3v) is 5.55. The first-order valence-corrected chi connectivity index (χ1v) is 10.5. The number of amides is 2. The predicted octanol–water partition coefficient (Wildman–Crippen LogP) is 3.01. The molecule has 1 aromatic carbocycles. The molecule has 1 aliphatic rings. The molecule has 2 rings (SSSR count). The lowest BCUT2D eigenvalue weighted by atomic mass is 9.92. The van der Waals surface area contributed by atoms with Crippen LogP contribution in [0.15, 0.2) is 29.2 Å². The van der Waals surface area contributed by atoms with Crippen molar-refractivity contribution in [3.05, 3.63) is 24.3 Å². The van der Waals surface area contributed by atoms with Gasteiger partial charge in [0.2, 0.25) is 11.8 Å². The van der Waals surface area contributed by atoms with Crippen LogP contribution in [-0.2, 0) is 9.59 Å². The zero-order valence-electron chi connectivity index (χ0n) is 16.1. The van der Waals surface area contributed by atoms with E-state index in [1.165, 1.54) is 0 Å². The van der Waals surface area contributed by atoms with Crippen molar-refractivity contribution in [2.24, 2.45) is 0 Å². The van der Waals surface area contributed by atoms with Crippen molar-refractivity contribution in [2.75, 3.05) is 31.7 Å². The van der Waals surface area contributed by atoms with Gasteiger partial charge in [0, 0.05) is 4.90 Å². The van der Waals surface area contributed by atoms with Crippen LogP contribution in [0.2, 0.25) is 0 Å². The van der Waals surface area contributed by atoms with E-state index in [1.807, 2.05) is 30.5 Å². The van der Waals surface area contributed by atoms with Gasteiger partial charge in [-0.1, -0.05) is 37.8 Å². The monoisotopic (exact) mass is 388 g/mol. The Morgan fingerprint density at radius 2 is 1.78 bits per heavy atom. The van der Waals surface area contributed by atoms with Gasteiger partial charge in [-0.05, 0) is 38.3 Å². The minimum absolute atomic E-state index is 0.0843. The molecule has 0 bridgehead atoms. The van der Waals surface area contributed by atoms with E-state index < -0.39 is 5.54 Å². The Hall–Kier alpha value is -2.04. The molecule has 1 aliphatic carbocycles. The van der Waals surface area contributed by atoms with Gasteiger partial charge in [-0.3, -0.25) is 14.5 Å². The normalized spacial score (nSPS) is 16.2. The Kier molecular flexibility index (Phi) is 8.14. The predicted molar refractivity (Wildman–Crippen MR) is 109 cm³/mol. The van der Waals surface area contributed by atoms with Crippen LogP contribution >= 0.6 is 11.8 Å². The summed E-state index contributed by atoms with van der Waals surface area (Å²) in [5.41, 5.74) is 0.0169. The molecule has 0 radical (unpaired) electrons. The third kappa shape index (κ3) is 6.56. The summed E-state index contributed by atoms with van der Waals surface area (Å²) < 4.78 is 0. The molecule has 146 valence electrons. The van der Waals surface area contributed by atoms with Crippen LogP contribution in [0, 0.1) is 11.3 Å². The van der Waals surface area contributed by atoms with E-state index in [0.29, 0.717) is 12.8 Å². The van der Waals surface area contributed by atoms with E-state index in [0.717, 1.165) is 36.3 Å². The molecule has 0 spiro atoms. The maximum Gasteiger partial charge on any atom is 0.238 e. The van der Waals surface area contributed by atoms with Gasteiger partial charge in [-0.15, -0.1) is 11.8 Å². The van der Waals surface area contributed by atoms with Crippen LogP contribution in [0.4, 0.5) is 5.69 Å². The standard InChI is InChI=1S/C20H28N4O2S/c1-24(13-18(25)22-16-9-5-6-10-17(16)27-2)14-19(26)23-20(15-21)11-7-3-4-8-12-20/h5-6,9-10H,3-4,7-8,11-14H2,1-2H3,(H,22,25)(H,23,26). The van der Waals surface area contributed by atoms with Crippen LogP contribution in [0.1, 0.15) is 38.5 Å². The summed E-state index contributed by atoms with van der Waals surface area (Å²) in [7, 11) is 1.73. The summed E-state index contributed by atoms with van der Waals surface area (Å²) in [5.74, 6) is -0.380. The van der Waals surface area contributed by atoms with E-state index >= 15 is 0 Å². The summed E-state index contributed by atoms with van der Waals surface area (Å²) in [6.45, 7) is 0.191. The molecule has 2 amide bonds. The molecule has 0 saturated heterocycles. The second kappa shape index (κ2) is 10.3. The number of carbonyl (C=O) groups is 2. The second-order valence-electron chi connectivity index (χ2n) is 7.08. The summed E-state index contributed by atoms with van der Waals surface area (Å²) >= 11 is 1.57. The first-order valence-electron chi connectivity index (χ1n) is 9.32. The number of rotatable bonds is 7. The molecule has 7 heteroatoms. The fraction of sp³-hybridized carbons (Fsp3) is 0.550. The number of hydrogen-bond acceptors (Lipinski definition) is 5. The molecule has 1 aromatic rings. The quantitative estimate of drug-likeness (QED) is 0.554. The van der Waals surface area contributed by atoms with Crippen LogP contribution in [-0.4, -0.2) is 48.6 Å². The topological polar surface area (TPSA) is 85.2 Å².